The molecule has 3 rings (SSSR count). The third kappa shape index (κ3) is 4.42. The molecular weight excluding hydrogens is 405 g/mol. The van der Waals surface area contributed by atoms with E-state index in [9.17, 15) is 19.3 Å². The van der Waals surface area contributed by atoms with E-state index in [-0.39, 0.29) is 6.61 Å². The zero-order valence-electron chi connectivity index (χ0n) is 15.2. The molecule has 5 atom stereocenters. The van der Waals surface area contributed by atoms with Gasteiger partial charge >= 0.3 is 13.9 Å². The molecule has 1 unspecified atom stereocenters. The van der Waals surface area contributed by atoms with Gasteiger partial charge in [-0.05, 0) is 24.6 Å². The standard InChI is InChI=1S/C16H18N5O7P/c1-16(19-20-17)13(23)11(9-26-29(25)28-10-5-3-2-4-6-10)27-14(16)21-8-7-12(22)18-15(21)24/h2-8,11,13-14,23,29H,9H2,1H3,(H,18,22,24)/t11-,13-,14-,16-/m1/s1. The highest BCUT2D eigenvalue weighted by atomic mass is 31.1. The lowest BCUT2D eigenvalue weighted by Crippen LogP contribution is -2.45. The number of rotatable bonds is 7. The Labute approximate surface area is 164 Å². The Morgan fingerprint density at radius 2 is 2.10 bits per heavy atom. The molecule has 0 saturated carbocycles. The van der Waals surface area contributed by atoms with Gasteiger partial charge in [0, 0.05) is 17.2 Å². The van der Waals surface area contributed by atoms with E-state index in [4.69, 9.17) is 19.3 Å². The van der Waals surface area contributed by atoms with Gasteiger partial charge in [-0.2, -0.15) is 0 Å². The minimum atomic E-state index is -2.96. The van der Waals surface area contributed by atoms with E-state index in [1.165, 1.54) is 6.92 Å². The molecule has 2 heterocycles. The summed E-state index contributed by atoms with van der Waals surface area (Å²) in [5, 5.41) is 14.2. The van der Waals surface area contributed by atoms with Gasteiger partial charge in [0.25, 0.3) is 5.56 Å². The topological polar surface area (TPSA) is 169 Å². The van der Waals surface area contributed by atoms with E-state index in [0.29, 0.717) is 5.75 Å². The Bertz CT molecular complexity index is 1050. The first-order chi connectivity index (χ1) is 13.8. The third-order valence-electron chi connectivity index (χ3n) is 4.43. The van der Waals surface area contributed by atoms with E-state index in [1.54, 1.807) is 30.3 Å². The minimum absolute atomic E-state index is 0.348. The molecule has 0 amide bonds. The molecule has 2 N–H and O–H groups in total. The van der Waals surface area contributed by atoms with Crippen LogP contribution in [-0.4, -0.2) is 39.0 Å². The van der Waals surface area contributed by atoms with E-state index < -0.39 is 43.5 Å². The normalized spacial score (nSPS) is 27.2. The molecule has 2 aromatic rings. The average molecular weight is 423 g/mol. The number of azide groups is 1. The molecule has 1 aliphatic rings. The maximum absolute atomic E-state index is 12.1. The van der Waals surface area contributed by atoms with Crippen LogP contribution >= 0.6 is 8.25 Å². The predicted molar refractivity (Wildman–Crippen MR) is 101 cm³/mol. The van der Waals surface area contributed by atoms with E-state index >= 15 is 0 Å². The van der Waals surface area contributed by atoms with Crippen LogP contribution in [-0.2, 0) is 13.8 Å². The number of benzene rings is 1. The van der Waals surface area contributed by atoms with Gasteiger partial charge in [0.05, 0.1) is 12.7 Å². The van der Waals surface area contributed by atoms with Crippen molar-refractivity contribution in [2.75, 3.05) is 6.61 Å². The number of nitrogens with zero attached hydrogens (tertiary/aromatic N) is 4. The van der Waals surface area contributed by atoms with Crippen molar-refractivity contribution in [2.45, 2.75) is 30.9 Å². The Balaban J connectivity index is 1.77. The Morgan fingerprint density at radius 1 is 1.38 bits per heavy atom. The second-order valence-electron chi connectivity index (χ2n) is 6.38. The number of H-pyrrole nitrogens is 1. The summed E-state index contributed by atoms with van der Waals surface area (Å²) in [6.45, 7) is 1.04. The first kappa shape index (κ1) is 20.8. The highest BCUT2D eigenvalue weighted by Crippen LogP contribution is 2.41. The number of para-hydroxylation sites is 1. The maximum Gasteiger partial charge on any atom is 0.367 e. The molecule has 1 fully saturated rings. The predicted octanol–water partition coefficient (Wildman–Crippen LogP) is 1.35. The number of aromatic amines is 1. The molecular formula is C16H18N5O7P. The van der Waals surface area contributed by atoms with Crippen molar-refractivity contribution < 1.29 is 23.5 Å². The summed E-state index contributed by atoms with van der Waals surface area (Å²) in [6, 6.07) is 9.46. The number of hydrogen-bond donors (Lipinski definition) is 2. The fourth-order valence-corrected chi connectivity index (χ4v) is 3.65. The van der Waals surface area contributed by atoms with Crippen molar-refractivity contribution in [3.63, 3.8) is 0 Å². The van der Waals surface area contributed by atoms with Crippen LogP contribution < -0.4 is 15.8 Å². The lowest BCUT2D eigenvalue weighted by molar-refractivity contribution is -0.0442. The first-order valence-corrected chi connectivity index (χ1v) is 9.68. The van der Waals surface area contributed by atoms with Gasteiger partial charge in [0.15, 0.2) is 6.23 Å². The van der Waals surface area contributed by atoms with E-state index in [2.05, 4.69) is 15.0 Å². The van der Waals surface area contributed by atoms with Gasteiger partial charge in [0.2, 0.25) is 0 Å². The summed E-state index contributed by atoms with van der Waals surface area (Å²) >= 11 is 0. The highest BCUT2D eigenvalue weighted by Gasteiger charge is 2.54. The quantitative estimate of drug-likeness (QED) is 0.293. The lowest BCUT2D eigenvalue weighted by Gasteiger charge is -2.27. The fourth-order valence-electron chi connectivity index (χ4n) is 2.96. The smallest absolute Gasteiger partial charge is 0.367 e. The van der Waals surface area contributed by atoms with E-state index in [0.717, 1.165) is 16.8 Å². The number of nitrogens with one attached hydrogen (secondary N) is 1. The maximum atomic E-state index is 12.1. The molecule has 0 aliphatic carbocycles. The van der Waals surface area contributed by atoms with Crippen molar-refractivity contribution in [1.29, 1.82) is 0 Å². The Hall–Kier alpha value is -2.88. The van der Waals surface area contributed by atoms with Crippen LogP contribution in [0.3, 0.4) is 0 Å². The number of hydrogen-bond acceptors (Lipinski definition) is 8. The largest absolute Gasteiger partial charge is 0.426 e. The molecule has 1 aliphatic heterocycles. The molecule has 29 heavy (non-hydrogen) atoms. The summed E-state index contributed by atoms with van der Waals surface area (Å²) in [5.74, 6) is 0.348. The van der Waals surface area contributed by atoms with Gasteiger partial charge in [-0.25, -0.2) is 9.36 Å². The van der Waals surface area contributed by atoms with Crippen LogP contribution in [0.4, 0.5) is 0 Å². The molecule has 1 saturated heterocycles. The second-order valence-corrected chi connectivity index (χ2v) is 7.37. The van der Waals surface area contributed by atoms with Crippen LogP contribution in [0.1, 0.15) is 13.2 Å². The van der Waals surface area contributed by atoms with Gasteiger partial charge in [-0.1, -0.05) is 23.3 Å². The molecule has 12 nitrogen and oxygen atoms in total. The molecule has 0 spiro atoms. The zero-order chi connectivity index (χ0) is 21.0. The van der Waals surface area contributed by atoms with Crippen LogP contribution in [0.5, 0.6) is 5.75 Å². The molecule has 1 aromatic heterocycles. The third-order valence-corrected chi connectivity index (χ3v) is 5.23. The SMILES string of the molecule is C[C@@]1(N=[N+]=[N-])[C@H](O)[C@@H](CO[PH](=O)Oc2ccccc2)O[C@H]1n1ccc(=O)[nH]c1=O. The summed E-state index contributed by atoms with van der Waals surface area (Å²) < 4.78 is 29.0. The van der Waals surface area contributed by atoms with E-state index in [1.807, 2.05) is 0 Å². The van der Waals surface area contributed by atoms with Gasteiger partial charge in [-0.15, -0.1) is 0 Å². The summed E-state index contributed by atoms with van der Waals surface area (Å²) in [7, 11) is -2.96. The Kier molecular flexibility index (Phi) is 6.21. The molecule has 154 valence electrons. The minimum Gasteiger partial charge on any atom is -0.426 e. The summed E-state index contributed by atoms with van der Waals surface area (Å²) in [5.41, 5.74) is 5.88. The zero-order valence-corrected chi connectivity index (χ0v) is 16.2. The number of aliphatic hydroxyl groups is 1. The monoisotopic (exact) mass is 423 g/mol. The van der Waals surface area contributed by atoms with Gasteiger partial charge in [-0.3, -0.25) is 18.9 Å². The Morgan fingerprint density at radius 3 is 2.76 bits per heavy atom. The second kappa shape index (κ2) is 8.64. The number of aromatic nitrogens is 2. The number of aliphatic hydroxyl groups excluding tert-OH is 1. The molecule has 0 radical (unpaired) electrons. The van der Waals surface area contributed by atoms with Crippen LogP contribution in [0.25, 0.3) is 10.4 Å². The first-order valence-electron chi connectivity index (χ1n) is 8.46. The van der Waals surface area contributed by atoms with Crippen molar-refractivity contribution in [1.82, 2.24) is 9.55 Å². The molecule has 0 bridgehead atoms. The van der Waals surface area contributed by atoms with Crippen molar-refractivity contribution >= 4 is 8.25 Å². The average Bonchev–Trinajstić information content (AvgIpc) is 2.92. The summed E-state index contributed by atoms with van der Waals surface area (Å²) in [4.78, 5) is 28.2. The fraction of sp³-hybridized carbons (Fsp3) is 0.375. The van der Waals surface area contributed by atoms with Crippen LogP contribution in [0.2, 0.25) is 0 Å². The molecule has 1 aromatic carbocycles. The van der Waals surface area contributed by atoms with Gasteiger partial charge < -0.3 is 14.4 Å². The summed E-state index contributed by atoms with van der Waals surface area (Å²) in [6.07, 6.45) is -2.55. The van der Waals surface area contributed by atoms with Crippen molar-refractivity contribution in [2.24, 2.45) is 5.11 Å². The molecule has 13 heteroatoms. The lowest BCUT2D eigenvalue weighted by atomic mass is 9.93. The van der Waals surface area contributed by atoms with Gasteiger partial charge in [0.1, 0.15) is 17.4 Å². The van der Waals surface area contributed by atoms with Crippen LogP contribution in [0.15, 0.2) is 57.3 Å². The van der Waals surface area contributed by atoms with Crippen molar-refractivity contribution in [3.8, 4) is 5.75 Å². The highest BCUT2D eigenvalue weighted by molar-refractivity contribution is 7.33. The van der Waals surface area contributed by atoms with Crippen LogP contribution in [0, 0.1) is 0 Å². The number of ether oxygens (including phenoxy) is 1. The van der Waals surface area contributed by atoms with Crippen molar-refractivity contribution in [3.05, 3.63) is 73.9 Å².